The Hall–Kier alpha value is -2.90. The van der Waals surface area contributed by atoms with Gasteiger partial charge in [0.25, 0.3) is 0 Å². The van der Waals surface area contributed by atoms with Gasteiger partial charge in [0.15, 0.2) is 0 Å². The van der Waals surface area contributed by atoms with Crippen molar-refractivity contribution in [2.45, 2.75) is 92.9 Å². The van der Waals surface area contributed by atoms with Crippen LogP contribution in [-0.4, -0.2) is 9.97 Å². The van der Waals surface area contributed by atoms with E-state index in [0.717, 1.165) is 23.9 Å². The third-order valence-corrected chi connectivity index (χ3v) is 15.2. The molecule has 5 heterocycles. The molecular weight excluding hydrogens is 661 g/mol. The van der Waals surface area contributed by atoms with Crippen molar-refractivity contribution >= 4 is 107 Å². The molecule has 0 atom stereocenters. The Morgan fingerprint density at radius 3 is 1.50 bits per heavy atom. The molecular formula is C42H44N2S4. The third kappa shape index (κ3) is 5.39. The Kier molecular flexibility index (Phi) is 7.62. The highest BCUT2D eigenvalue weighted by Crippen LogP contribution is 2.49. The van der Waals surface area contributed by atoms with Gasteiger partial charge in [-0.25, -0.2) is 9.97 Å². The Balaban J connectivity index is 1.37. The number of fused-ring (bicyclic) bond motifs is 11. The predicted molar refractivity (Wildman–Crippen MR) is 218 cm³/mol. The van der Waals surface area contributed by atoms with Gasteiger partial charge in [-0.05, 0) is 70.5 Å². The van der Waals surface area contributed by atoms with Gasteiger partial charge in [-0.2, -0.15) is 0 Å². The topological polar surface area (TPSA) is 25.8 Å². The minimum absolute atomic E-state index is 0.0718. The molecule has 0 spiro atoms. The second-order valence-corrected chi connectivity index (χ2v) is 20.7. The second-order valence-electron chi connectivity index (χ2n) is 16.5. The predicted octanol–water partition coefficient (Wildman–Crippen LogP) is 14.3. The highest BCUT2D eigenvalue weighted by Gasteiger charge is 2.25. The summed E-state index contributed by atoms with van der Waals surface area (Å²) in [5.74, 6) is 1.06. The first-order valence-corrected chi connectivity index (χ1v) is 20.5. The molecule has 5 aromatic heterocycles. The van der Waals surface area contributed by atoms with Crippen molar-refractivity contribution in [1.29, 1.82) is 0 Å². The summed E-state index contributed by atoms with van der Waals surface area (Å²) in [6.45, 7) is 23.1. The van der Waals surface area contributed by atoms with Gasteiger partial charge in [-0.15, -0.1) is 45.3 Å². The van der Waals surface area contributed by atoms with Gasteiger partial charge in [0.1, 0.15) is 0 Å². The fourth-order valence-corrected chi connectivity index (χ4v) is 11.9. The molecule has 2 nitrogen and oxygen atoms in total. The molecule has 6 heteroatoms. The Morgan fingerprint density at radius 2 is 0.938 bits per heavy atom. The molecule has 0 aliphatic rings. The van der Waals surface area contributed by atoms with E-state index in [4.69, 9.17) is 9.97 Å². The summed E-state index contributed by atoms with van der Waals surface area (Å²) < 4.78 is 5.50. The summed E-state index contributed by atoms with van der Waals surface area (Å²) in [6.07, 6.45) is 1.91. The van der Waals surface area contributed by atoms with Gasteiger partial charge in [0.05, 0.1) is 31.8 Å². The molecule has 0 aliphatic carbocycles. The minimum atomic E-state index is 0.0718. The summed E-state index contributed by atoms with van der Waals surface area (Å²) in [5.41, 5.74) is 4.73. The molecule has 246 valence electrons. The molecule has 0 aliphatic heterocycles. The number of hydrogen-bond donors (Lipinski definition) is 0. The molecule has 0 fully saturated rings. The fraction of sp³-hybridized carbons (Fsp3) is 0.381. The molecule has 0 amide bonds. The summed E-state index contributed by atoms with van der Waals surface area (Å²) in [6, 6.07) is 19.0. The minimum Gasteiger partial charge on any atom is -0.249 e. The Bertz CT molecular complexity index is 2540. The van der Waals surface area contributed by atoms with Crippen molar-refractivity contribution < 1.29 is 0 Å². The van der Waals surface area contributed by atoms with Crippen LogP contribution in [0.5, 0.6) is 0 Å². The van der Waals surface area contributed by atoms with Gasteiger partial charge in [-0.1, -0.05) is 93.5 Å². The molecule has 8 aromatic rings. The van der Waals surface area contributed by atoms with Crippen LogP contribution in [0.25, 0.3) is 71.9 Å². The van der Waals surface area contributed by atoms with E-state index in [1.165, 1.54) is 82.0 Å². The van der Waals surface area contributed by atoms with Crippen LogP contribution in [-0.2, 0) is 23.7 Å². The van der Waals surface area contributed by atoms with Crippen molar-refractivity contribution in [3.63, 3.8) is 0 Å². The van der Waals surface area contributed by atoms with Crippen LogP contribution in [0.3, 0.4) is 0 Å². The number of benzene rings is 3. The second kappa shape index (κ2) is 11.3. The molecule has 3 aromatic carbocycles. The zero-order chi connectivity index (χ0) is 33.9. The Morgan fingerprint density at radius 1 is 0.500 bits per heavy atom. The lowest BCUT2D eigenvalue weighted by atomic mass is 9.94. The van der Waals surface area contributed by atoms with Gasteiger partial charge in [0, 0.05) is 50.5 Å². The first-order chi connectivity index (χ1) is 22.7. The quantitative estimate of drug-likeness (QED) is 0.178. The molecule has 48 heavy (non-hydrogen) atoms. The van der Waals surface area contributed by atoms with Crippen LogP contribution in [0.1, 0.15) is 90.4 Å². The third-order valence-electron chi connectivity index (χ3n) is 9.32. The normalized spacial score (nSPS) is 13.3. The lowest BCUT2D eigenvalue weighted by Crippen LogP contribution is -2.09. The first kappa shape index (κ1) is 32.3. The van der Waals surface area contributed by atoms with Crippen molar-refractivity contribution in [2.24, 2.45) is 11.8 Å². The largest absolute Gasteiger partial charge is 0.249 e. The van der Waals surface area contributed by atoms with Crippen molar-refractivity contribution in [1.82, 2.24) is 9.97 Å². The van der Waals surface area contributed by atoms with E-state index in [2.05, 4.69) is 118 Å². The molecule has 0 saturated heterocycles. The van der Waals surface area contributed by atoms with Crippen molar-refractivity contribution in [3.05, 3.63) is 69.7 Å². The van der Waals surface area contributed by atoms with Crippen molar-refractivity contribution in [3.8, 4) is 9.75 Å². The highest BCUT2D eigenvalue weighted by molar-refractivity contribution is 7.32. The van der Waals surface area contributed by atoms with E-state index in [1.54, 1.807) is 0 Å². The van der Waals surface area contributed by atoms with E-state index in [9.17, 15) is 0 Å². The number of hydrogen-bond acceptors (Lipinski definition) is 6. The van der Waals surface area contributed by atoms with E-state index in [0.29, 0.717) is 11.8 Å². The van der Waals surface area contributed by atoms with Crippen LogP contribution in [0.4, 0.5) is 0 Å². The number of nitrogens with zero attached hydrogens (tertiary/aromatic N) is 2. The summed E-state index contributed by atoms with van der Waals surface area (Å²) in [5, 5.41) is 7.94. The summed E-state index contributed by atoms with van der Waals surface area (Å²) in [7, 11) is 0. The van der Waals surface area contributed by atoms with Crippen LogP contribution >= 0.6 is 45.3 Å². The maximum atomic E-state index is 5.51. The van der Waals surface area contributed by atoms with E-state index in [-0.39, 0.29) is 10.8 Å². The summed E-state index contributed by atoms with van der Waals surface area (Å²) in [4.78, 5) is 16.5. The van der Waals surface area contributed by atoms with Crippen LogP contribution in [0.2, 0.25) is 0 Å². The maximum Gasteiger partial charge on any atom is 0.0984 e. The summed E-state index contributed by atoms with van der Waals surface area (Å²) >= 11 is 7.79. The van der Waals surface area contributed by atoms with Gasteiger partial charge in [-0.3, -0.25) is 0 Å². The fourth-order valence-electron chi connectivity index (χ4n) is 6.83. The molecule has 8 rings (SSSR count). The van der Waals surface area contributed by atoms with Gasteiger partial charge in [0.2, 0.25) is 0 Å². The van der Waals surface area contributed by atoms with Crippen LogP contribution in [0.15, 0.2) is 48.5 Å². The number of aromatic nitrogens is 2. The molecule has 0 bridgehead atoms. The smallest absolute Gasteiger partial charge is 0.0984 e. The molecule has 0 N–H and O–H groups in total. The van der Waals surface area contributed by atoms with E-state index < -0.39 is 0 Å². The molecule has 0 radical (unpaired) electrons. The SMILES string of the molecule is CC(C)Cc1nc2c3cc(-c4cc5ccc6c(ccc7cc(C(C)(C)C)sc76)c5s4)sc3c3sc(C(C)(C)C)cc3c2nc1CC(C)C. The zero-order valence-electron chi connectivity index (χ0n) is 29.7. The lowest BCUT2D eigenvalue weighted by molar-refractivity contribution is 0.597. The molecule has 0 unspecified atom stereocenters. The van der Waals surface area contributed by atoms with Crippen LogP contribution in [0, 0.1) is 11.8 Å². The standard InChI is InChI=1S/C42H44N2S4/c1-21(2)15-29-30(16-22(3)4)44-36-28-20-34(42(8,9)10)48-40(28)39-27(35(36)43-29)19-32(46-39)31-17-23-11-13-26-25(37(23)45-31)14-12-24-18-33(41(5,6)7)47-38(24)26/h11-14,17-22H,15-16H2,1-10H3. The lowest BCUT2D eigenvalue weighted by Gasteiger charge is -2.15. The van der Waals surface area contributed by atoms with Crippen LogP contribution < -0.4 is 0 Å². The first-order valence-electron chi connectivity index (χ1n) is 17.2. The van der Waals surface area contributed by atoms with Crippen molar-refractivity contribution in [2.75, 3.05) is 0 Å². The van der Waals surface area contributed by atoms with Gasteiger partial charge < -0.3 is 0 Å². The van der Waals surface area contributed by atoms with E-state index in [1.807, 2.05) is 45.3 Å². The maximum absolute atomic E-state index is 5.51. The van der Waals surface area contributed by atoms with E-state index >= 15 is 0 Å². The number of thiophene rings is 4. The average molecular weight is 705 g/mol. The van der Waals surface area contributed by atoms with Gasteiger partial charge >= 0.3 is 0 Å². The number of rotatable bonds is 5. The average Bonchev–Trinajstić information content (AvgIpc) is 3.79. The zero-order valence-corrected chi connectivity index (χ0v) is 33.0. The Labute approximate surface area is 299 Å². The molecule has 0 saturated carbocycles. The highest BCUT2D eigenvalue weighted by atomic mass is 32.1. The monoisotopic (exact) mass is 704 g/mol.